The van der Waals surface area contributed by atoms with Gasteiger partial charge in [0.05, 0.1) is 0 Å². The van der Waals surface area contributed by atoms with Crippen LogP contribution in [0.4, 0.5) is 0 Å². The lowest BCUT2D eigenvalue weighted by Gasteiger charge is -2.33. The van der Waals surface area contributed by atoms with Crippen LogP contribution in [-0.2, 0) is 0 Å². The minimum absolute atomic E-state index is 0.820. The molecule has 0 spiro atoms. The summed E-state index contributed by atoms with van der Waals surface area (Å²) in [4.78, 5) is 2.62. The number of nitrogens with zero attached hydrogens (tertiary/aromatic N) is 1. The Kier molecular flexibility index (Phi) is 10.0. The molecule has 98 valence electrons. The second-order valence-electron chi connectivity index (χ2n) is 4.95. The summed E-state index contributed by atoms with van der Waals surface area (Å²) in [6.45, 7) is 17.1. The molecule has 1 rings (SSSR count). The third-order valence-electron chi connectivity index (χ3n) is 3.01. The molecule has 0 radical (unpaired) electrons. The zero-order chi connectivity index (χ0) is 12.4. The van der Waals surface area contributed by atoms with E-state index in [2.05, 4.69) is 31.0 Å². The first-order valence-electron chi connectivity index (χ1n) is 7.15. The molecule has 1 aliphatic heterocycles. The van der Waals surface area contributed by atoms with E-state index in [1.807, 2.05) is 13.8 Å². The van der Waals surface area contributed by atoms with Gasteiger partial charge in [0.15, 0.2) is 0 Å². The fourth-order valence-corrected chi connectivity index (χ4v) is 2.24. The fraction of sp³-hybridized carbons (Fsp3) is 1.00. The van der Waals surface area contributed by atoms with E-state index >= 15 is 0 Å². The van der Waals surface area contributed by atoms with Crippen molar-refractivity contribution in [1.29, 1.82) is 0 Å². The van der Waals surface area contributed by atoms with E-state index in [1.54, 1.807) is 0 Å². The van der Waals surface area contributed by atoms with Gasteiger partial charge < -0.3 is 10.2 Å². The molecule has 2 heteroatoms. The fourth-order valence-electron chi connectivity index (χ4n) is 2.24. The summed E-state index contributed by atoms with van der Waals surface area (Å²) >= 11 is 0. The van der Waals surface area contributed by atoms with Crippen molar-refractivity contribution in [3.8, 4) is 0 Å². The Balaban J connectivity index is 0.00000106. The third kappa shape index (κ3) is 7.24. The highest BCUT2D eigenvalue weighted by Crippen LogP contribution is 2.17. The smallest absolute Gasteiger partial charge is 0.000439 e. The van der Waals surface area contributed by atoms with E-state index in [0.29, 0.717) is 0 Å². The molecule has 1 N–H and O–H groups in total. The third-order valence-corrected chi connectivity index (χ3v) is 3.01. The molecule has 1 heterocycles. The van der Waals surface area contributed by atoms with Crippen molar-refractivity contribution in [2.45, 2.75) is 47.5 Å². The summed E-state index contributed by atoms with van der Waals surface area (Å²) in [7, 11) is 0. The van der Waals surface area contributed by atoms with Gasteiger partial charge in [0, 0.05) is 6.54 Å². The molecule has 0 aromatic carbocycles. The minimum Gasteiger partial charge on any atom is -0.317 e. The van der Waals surface area contributed by atoms with Gasteiger partial charge in [-0.05, 0) is 50.9 Å². The lowest BCUT2D eigenvalue weighted by molar-refractivity contribution is 0.166. The van der Waals surface area contributed by atoms with Crippen LogP contribution in [0.3, 0.4) is 0 Å². The highest BCUT2D eigenvalue weighted by molar-refractivity contribution is 4.74. The van der Waals surface area contributed by atoms with Gasteiger partial charge in [0.2, 0.25) is 0 Å². The molecule has 0 unspecified atom stereocenters. The Morgan fingerprint density at radius 2 is 1.75 bits per heavy atom. The van der Waals surface area contributed by atoms with Gasteiger partial charge >= 0.3 is 0 Å². The van der Waals surface area contributed by atoms with Crippen molar-refractivity contribution in [3.05, 3.63) is 0 Å². The Bertz CT molecular complexity index is 138. The second kappa shape index (κ2) is 10.1. The lowest BCUT2D eigenvalue weighted by atomic mass is 9.96. The molecule has 0 atom stereocenters. The zero-order valence-corrected chi connectivity index (χ0v) is 12.1. The monoisotopic (exact) mass is 228 g/mol. The quantitative estimate of drug-likeness (QED) is 0.778. The largest absolute Gasteiger partial charge is 0.317 e. The SMILES string of the molecule is CC.CCNCC1CCN(CC(C)C)CC1. The van der Waals surface area contributed by atoms with Crippen molar-refractivity contribution in [1.82, 2.24) is 10.2 Å². The van der Waals surface area contributed by atoms with E-state index < -0.39 is 0 Å². The van der Waals surface area contributed by atoms with E-state index in [0.717, 1.165) is 18.4 Å². The molecule has 1 aliphatic rings. The molecular formula is C14H32N2. The number of nitrogens with one attached hydrogen (secondary N) is 1. The Morgan fingerprint density at radius 3 is 2.19 bits per heavy atom. The molecule has 0 aromatic heterocycles. The van der Waals surface area contributed by atoms with E-state index in [9.17, 15) is 0 Å². The van der Waals surface area contributed by atoms with Crippen molar-refractivity contribution in [2.75, 3.05) is 32.7 Å². The Morgan fingerprint density at radius 1 is 1.19 bits per heavy atom. The van der Waals surface area contributed by atoms with Gasteiger partial charge in [-0.1, -0.05) is 34.6 Å². The first kappa shape index (κ1) is 15.9. The van der Waals surface area contributed by atoms with E-state index in [-0.39, 0.29) is 0 Å². The van der Waals surface area contributed by atoms with Gasteiger partial charge in [-0.2, -0.15) is 0 Å². The summed E-state index contributed by atoms with van der Waals surface area (Å²) in [5, 5.41) is 3.46. The van der Waals surface area contributed by atoms with Gasteiger partial charge in [-0.25, -0.2) is 0 Å². The standard InChI is InChI=1S/C12H26N2.C2H6/c1-4-13-9-12-5-7-14(8-6-12)10-11(2)3;1-2/h11-13H,4-10H2,1-3H3;1-2H3. The predicted molar refractivity (Wildman–Crippen MR) is 73.9 cm³/mol. The summed E-state index contributed by atoms with van der Waals surface area (Å²) in [6, 6.07) is 0. The van der Waals surface area contributed by atoms with Crippen molar-refractivity contribution in [2.24, 2.45) is 11.8 Å². The number of piperidine rings is 1. The van der Waals surface area contributed by atoms with Crippen LogP contribution >= 0.6 is 0 Å². The molecule has 0 bridgehead atoms. The molecule has 0 aliphatic carbocycles. The van der Waals surface area contributed by atoms with Crippen molar-refractivity contribution < 1.29 is 0 Å². The first-order chi connectivity index (χ1) is 7.72. The molecule has 0 aromatic rings. The number of likely N-dealkylation sites (tertiary alicyclic amines) is 1. The van der Waals surface area contributed by atoms with Gasteiger partial charge in [0.25, 0.3) is 0 Å². The topological polar surface area (TPSA) is 15.3 Å². The first-order valence-corrected chi connectivity index (χ1v) is 7.15. The molecule has 0 saturated carbocycles. The maximum Gasteiger partial charge on any atom is 0.000439 e. The van der Waals surface area contributed by atoms with Crippen LogP contribution < -0.4 is 5.32 Å². The molecule has 1 fully saturated rings. The Labute approximate surface area is 103 Å². The Hall–Kier alpha value is -0.0800. The molecule has 1 saturated heterocycles. The number of hydrogen-bond acceptors (Lipinski definition) is 2. The maximum atomic E-state index is 3.46. The van der Waals surface area contributed by atoms with Crippen LogP contribution in [0.1, 0.15) is 47.5 Å². The molecule has 0 amide bonds. The van der Waals surface area contributed by atoms with Gasteiger partial charge in [-0.15, -0.1) is 0 Å². The lowest BCUT2D eigenvalue weighted by Crippen LogP contribution is -2.38. The van der Waals surface area contributed by atoms with Gasteiger partial charge in [-0.3, -0.25) is 0 Å². The van der Waals surface area contributed by atoms with E-state index in [1.165, 1.54) is 39.0 Å². The summed E-state index contributed by atoms with van der Waals surface area (Å²) < 4.78 is 0. The van der Waals surface area contributed by atoms with Crippen LogP contribution in [0.5, 0.6) is 0 Å². The van der Waals surface area contributed by atoms with Crippen LogP contribution in [0, 0.1) is 11.8 Å². The summed E-state index contributed by atoms with van der Waals surface area (Å²) in [5.41, 5.74) is 0. The van der Waals surface area contributed by atoms with Crippen LogP contribution in [0.25, 0.3) is 0 Å². The molecule has 2 nitrogen and oxygen atoms in total. The van der Waals surface area contributed by atoms with E-state index in [4.69, 9.17) is 0 Å². The number of hydrogen-bond donors (Lipinski definition) is 1. The molecule has 16 heavy (non-hydrogen) atoms. The highest BCUT2D eigenvalue weighted by atomic mass is 15.1. The zero-order valence-electron chi connectivity index (χ0n) is 12.1. The summed E-state index contributed by atoms with van der Waals surface area (Å²) in [5.74, 6) is 1.75. The average molecular weight is 228 g/mol. The van der Waals surface area contributed by atoms with Gasteiger partial charge in [0.1, 0.15) is 0 Å². The predicted octanol–water partition coefficient (Wildman–Crippen LogP) is 2.99. The van der Waals surface area contributed by atoms with Crippen LogP contribution in [0.15, 0.2) is 0 Å². The maximum absolute atomic E-state index is 3.46. The van der Waals surface area contributed by atoms with Crippen LogP contribution in [0.2, 0.25) is 0 Å². The van der Waals surface area contributed by atoms with Crippen molar-refractivity contribution in [3.63, 3.8) is 0 Å². The average Bonchev–Trinajstić information content (AvgIpc) is 2.30. The van der Waals surface area contributed by atoms with Crippen LogP contribution in [-0.4, -0.2) is 37.6 Å². The second-order valence-corrected chi connectivity index (χ2v) is 4.95. The molecular weight excluding hydrogens is 196 g/mol. The number of rotatable bonds is 5. The summed E-state index contributed by atoms with van der Waals surface area (Å²) in [6.07, 6.45) is 2.78. The normalized spacial score (nSPS) is 18.4. The highest BCUT2D eigenvalue weighted by Gasteiger charge is 2.18. The van der Waals surface area contributed by atoms with Crippen molar-refractivity contribution >= 4 is 0 Å². The minimum atomic E-state index is 0.820.